The summed E-state index contributed by atoms with van der Waals surface area (Å²) in [6.07, 6.45) is 1.48. The lowest BCUT2D eigenvalue weighted by Crippen LogP contribution is -2.54. The molecule has 4 rings (SSSR count). The summed E-state index contributed by atoms with van der Waals surface area (Å²) in [5.74, 6) is 0.00421. The fourth-order valence-electron chi connectivity index (χ4n) is 2.71. The number of carbonyl (C=O) groups is 2. The van der Waals surface area contributed by atoms with Gasteiger partial charge in [0.2, 0.25) is 6.79 Å². The predicted molar refractivity (Wildman–Crippen MR) is 108 cm³/mol. The third kappa shape index (κ3) is 3.31. The highest BCUT2D eigenvalue weighted by atomic mass is 79.9. The van der Waals surface area contributed by atoms with E-state index < -0.39 is 11.8 Å². The summed E-state index contributed by atoms with van der Waals surface area (Å²) in [5.41, 5.74) is 0.993. The summed E-state index contributed by atoms with van der Waals surface area (Å²) in [7, 11) is 0. The molecule has 1 N–H and O–H groups in total. The Balaban J connectivity index is 1.76. The van der Waals surface area contributed by atoms with Crippen molar-refractivity contribution in [2.45, 2.75) is 0 Å². The molecule has 2 aliphatic heterocycles. The Morgan fingerprint density at radius 2 is 1.93 bits per heavy atom. The van der Waals surface area contributed by atoms with Gasteiger partial charge in [0, 0.05) is 9.50 Å². The molecule has 1 saturated heterocycles. The number of nitrogens with one attached hydrogen (secondary N) is 1. The SMILES string of the molecule is O=C1NC(=S)N(c2cccc(Cl)c2)C(=O)/C1=C/c1cc2c(cc1Br)OCO2. The largest absolute Gasteiger partial charge is 0.454 e. The molecule has 0 aromatic heterocycles. The Hall–Kier alpha value is -2.42. The first kappa shape index (κ1) is 18.0. The number of nitrogens with zero attached hydrogens (tertiary/aromatic N) is 1. The quantitative estimate of drug-likeness (QED) is 0.416. The number of hydrogen-bond acceptors (Lipinski definition) is 5. The van der Waals surface area contributed by atoms with Crippen LogP contribution in [0.1, 0.15) is 5.56 Å². The Bertz CT molecular complexity index is 1040. The van der Waals surface area contributed by atoms with Crippen LogP contribution in [0.25, 0.3) is 6.08 Å². The molecule has 9 heteroatoms. The molecular weight excluding hydrogens is 456 g/mol. The number of benzene rings is 2. The lowest BCUT2D eigenvalue weighted by molar-refractivity contribution is -0.122. The first-order valence-electron chi connectivity index (χ1n) is 7.70. The molecule has 6 nitrogen and oxygen atoms in total. The molecule has 136 valence electrons. The molecule has 27 heavy (non-hydrogen) atoms. The maximum atomic E-state index is 13.0. The average molecular weight is 466 g/mol. The van der Waals surface area contributed by atoms with Crippen molar-refractivity contribution >= 4 is 68.4 Å². The molecule has 2 aliphatic rings. The molecule has 2 aromatic rings. The van der Waals surface area contributed by atoms with E-state index in [1.165, 1.54) is 11.0 Å². The van der Waals surface area contributed by atoms with E-state index in [2.05, 4.69) is 21.2 Å². The molecule has 0 atom stereocenters. The number of anilines is 1. The van der Waals surface area contributed by atoms with Crippen LogP contribution in [0.5, 0.6) is 11.5 Å². The standard InChI is InChI=1S/C18H10BrClN2O4S/c19-13-7-15-14(25-8-26-15)5-9(13)4-12-16(23)21-18(27)22(17(12)24)11-3-1-2-10(20)6-11/h1-7H,8H2,(H,21,23,27)/b12-4+. The van der Waals surface area contributed by atoms with Crippen LogP contribution in [0.3, 0.4) is 0 Å². The summed E-state index contributed by atoms with van der Waals surface area (Å²) in [5, 5.41) is 2.98. The fourth-order valence-corrected chi connectivity index (χ4v) is 3.61. The van der Waals surface area contributed by atoms with E-state index in [1.807, 2.05) is 0 Å². The lowest BCUT2D eigenvalue weighted by Gasteiger charge is -2.29. The van der Waals surface area contributed by atoms with Crippen molar-refractivity contribution in [1.29, 1.82) is 0 Å². The van der Waals surface area contributed by atoms with Gasteiger partial charge in [-0.05, 0) is 54.2 Å². The van der Waals surface area contributed by atoms with Crippen LogP contribution in [0.2, 0.25) is 5.02 Å². The second kappa shape index (κ2) is 6.95. The van der Waals surface area contributed by atoms with Crippen LogP contribution in [0.15, 0.2) is 46.4 Å². The van der Waals surface area contributed by atoms with Gasteiger partial charge in [-0.3, -0.25) is 19.8 Å². The first-order valence-corrected chi connectivity index (χ1v) is 9.28. The smallest absolute Gasteiger partial charge is 0.270 e. The van der Waals surface area contributed by atoms with E-state index in [-0.39, 0.29) is 17.5 Å². The second-order valence-electron chi connectivity index (χ2n) is 5.66. The molecular formula is C18H10BrClN2O4S. The second-order valence-corrected chi connectivity index (χ2v) is 7.34. The van der Waals surface area contributed by atoms with Gasteiger partial charge >= 0.3 is 0 Å². The highest BCUT2D eigenvalue weighted by molar-refractivity contribution is 9.10. The Labute approximate surface area is 172 Å². The number of fused-ring (bicyclic) bond motifs is 1. The van der Waals surface area contributed by atoms with Gasteiger partial charge < -0.3 is 9.47 Å². The number of rotatable bonds is 2. The van der Waals surface area contributed by atoms with Gasteiger partial charge in [-0.25, -0.2) is 0 Å². The molecule has 0 spiro atoms. The summed E-state index contributed by atoms with van der Waals surface area (Å²) in [6.45, 7) is 0.123. The van der Waals surface area contributed by atoms with E-state index in [0.29, 0.717) is 32.2 Å². The monoisotopic (exact) mass is 464 g/mol. The van der Waals surface area contributed by atoms with Crippen molar-refractivity contribution < 1.29 is 19.1 Å². The normalized spacial score (nSPS) is 17.5. The molecule has 0 radical (unpaired) electrons. The van der Waals surface area contributed by atoms with Crippen LogP contribution in [0.4, 0.5) is 5.69 Å². The van der Waals surface area contributed by atoms with E-state index in [0.717, 1.165) is 0 Å². The maximum absolute atomic E-state index is 13.0. The Morgan fingerprint density at radius 3 is 2.67 bits per heavy atom. The molecule has 0 bridgehead atoms. The third-order valence-electron chi connectivity index (χ3n) is 3.96. The summed E-state index contributed by atoms with van der Waals surface area (Å²) < 4.78 is 11.3. The number of halogens is 2. The van der Waals surface area contributed by atoms with Gasteiger partial charge in [-0.2, -0.15) is 0 Å². The molecule has 0 unspecified atom stereocenters. The van der Waals surface area contributed by atoms with Crippen molar-refractivity contribution in [2.75, 3.05) is 11.7 Å². The molecule has 0 aliphatic carbocycles. The van der Waals surface area contributed by atoms with Crippen LogP contribution < -0.4 is 19.7 Å². The Morgan fingerprint density at radius 1 is 1.19 bits per heavy atom. The van der Waals surface area contributed by atoms with E-state index >= 15 is 0 Å². The highest BCUT2D eigenvalue weighted by Crippen LogP contribution is 2.38. The van der Waals surface area contributed by atoms with E-state index in [1.54, 1.807) is 36.4 Å². The highest BCUT2D eigenvalue weighted by Gasteiger charge is 2.34. The predicted octanol–water partition coefficient (Wildman–Crippen LogP) is 3.66. The van der Waals surface area contributed by atoms with Crippen LogP contribution in [-0.4, -0.2) is 23.7 Å². The third-order valence-corrected chi connectivity index (χ3v) is 5.17. The average Bonchev–Trinajstić information content (AvgIpc) is 3.05. The number of thiocarbonyl (C=S) groups is 1. The Kier molecular flexibility index (Phi) is 4.63. The zero-order chi connectivity index (χ0) is 19.1. The van der Waals surface area contributed by atoms with Crippen LogP contribution in [-0.2, 0) is 9.59 Å². The van der Waals surface area contributed by atoms with E-state index in [9.17, 15) is 9.59 Å². The summed E-state index contributed by atoms with van der Waals surface area (Å²) in [4.78, 5) is 26.6. The number of carbonyl (C=O) groups excluding carboxylic acids is 2. The molecule has 2 amide bonds. The summed E-state index contributed by atoms with van der Waals surface area (Å²) in [6, 6.07) is 10.1. The van der Waals surface area contributed by atoms with Crippen molar-refractivity contribution in [3.8, 4) is 11.5 Å². The van der Waals surface area contributed by atoms with Crippen LogP contribution >= 0.6 is 39.7 Å². The van der Waals surface area contributed by atoms with Gasteiger partial charge in [-0.15, -0.1) is 0 Å². The van der Waals surface area contributed by atoms with Crippen LogP contribution in [0, 0.1) is 0 Å². The van der Waals surface area contributed by atoms with Crippen molar-refractivity contribution in [2.24, 2.45) is 0 Å². The van der Waals surface area contributed by atoms with Gasteiger partial charge in [0.25, 0.3) is 11.8 Å². The summed E-state index contributed by atoms with van der Waals surface area (Å²) >= 11 is 14.6. The molecule has 1 fully saturated rings. The zero-order valence-corrected chi connectivity index (χ0v) is 16.7. The number of hydrogen-bond donors (Lipinski definition) is 1. The minimum absolute atomic E-state index is 0.00540. The molecule has 2 heterocycles. The molecule has 0 saturated carbocycles. The van der Waals surface area contributed by atoms with E-state index in [4.69, 9.17) is 33.3 Å². The minimum atomic E-state index is -0.576. The number of amides is 2. The number of ether oxygens (including phenoxy) is 2. The first-order chi connectivity index (χ1) is 12.9. The van der Waals surface area contributed by atoms with Crippen molar-refractivity contribution in [3.05, 3.63) is 57.0 Å². The minimum Gasteiger partial charge on any atom is -0.454 e. The van der Waals surface area contributed by atoms with Crippen molar-refractivity contribution in [3.63, 3.8) is 0 Å². The van der Waals surface area contributed by atoms with Gasteiger partial charge in [0.1, 0.15) is 5.57 Å². The van der Waals surface area contributed by atoms with Gasteiger partial charge in [-0.1, -0.05) is 33.6 Å². The topological polar surface area (TPSA) is 67.9 Å². The zero-order valence-electron chi connectivity index (χ0n) is 13.5. The van der Waals surface area contributed by atoms with Gasteiger partial charge in [0.05, 0.1) is 5.69 Å². The van der Waals surface area contributed by atoms with Crippen molar-refractivity contribution in [1.82, 2.24) is 5.32 Å². The fraction of sp³-hybridized carbons (Fsp3) is 0.0556. The maximum Gasteiger partial charge on any atom is 0.270 e. The van der Waals surface area contributed by atoms with Gasteiger partial charge in [0.15, 0.2) is 16.6 Å². The molecule has 2 aromatic carbocycles. The lowest BCUT2D eigenvalue weighted by atomic mass is 10.1.